The molecule has 1 aromatic rings. The topological polar surface area (TPSA) is 113 Å². The van der Waals surface area contributed by atoms with E-state index >= 15 is 0 Å². The molecule has 0 aliphatic heterocycles. The molecule has 0 heterocycles. The molecule has 0 saturated carbocycles. The molecule has 1 amide bonds. The maximum atomic E-state index is 11.9. The van der Waals surface area contributed by atoms with Crippen molar-refractivity contribution >= 4 is 27.6 Å². The van der Waals surface area contributed by atoms with E-state index in [0.717, 1.165) is 6.26 Å². The van der Waals surface area contributed by atoms with Gasteiger partial charge in [0.25, 0.3) is 5.91 Å². The van der Waals surface area contributed by atoms with Crippen molar-refractivity contribution in [3.63, 3.8) is 0 Å². The molecule has 8 heteroatoms. The first-order valence-corrected chi connectivity index (χ1v) is 8.23. The maximum Gasteiger partial charge on any atom is 0.326 e. The van der Waals surface area contributed by atoms with Crippen molar-refractivity contribution in [1.82, 2.24) is 5.32 Å². The first kappa shape index (κ1) is 17.0. The summed E-state index contributed by atoms with van der Waals surface area (Å²) in [5, 5.41) is 11.4. The highest BCUT2D eigenvalue weighted by Crippen LogP contribution is 2.11. The minimum Gasteiger partial charge on any atom is -0.480 e. The van der Waals surface area contributed by atoms with Crippen molar-refractivity contribution in [2.75, 3.05) is 11.0 Å². The SMILES string of the molecule is CCC[C@@H](NC(=O)c1ccc(NS(C)(=O)=O)cc1)C(=O)O. The molecule has 1 aromatic carbocycles. The summed E-state index contributed by atoms with van der Waals surface area (Å²) < 4.78 is 24.4. The van der Waals surface area contributed by atoms with Gasteiger partial charge in [-0.05, 0) is 30.7 Å². The Morgan fingerprint density at radius 3 is 2.24 bits per heavy atom. The zero-order valence-corrected chi connectivity index (χ0v) is 12.6. The van der Waals surface area contributed by atoms with Crippen LogP contribution in [0.25, 0.3) is 0 Å². The van der Waals surface area contributed by atoms with E-state index in [0.29, 0.717) is 18.5 Å². The Kier molecular flexibility index (Phi) is 5.71. The van der Waals surface area contributed by atoms with Gasteiger partial charge in [-0.1, -0.05) is 13.3 Å². The van der Waals surface area contributed by atoms with Gasteiger partial charge in [0.15, 0.2) is 0 Å². The number of rotatable bonds is 7. The number of benzene rings is 1. The van der Waals surface area contributed by atoms with Crippen LogP contribution in [0.3, 0.4) is 0 Å². The Balaban J connectivity index is 2.77. The van der Waals surface area contributed by atoms with Gasteiger partial charge in [0, 0.05) is 11.3 Å². The second-order valence-corrected chi connectivity index (χ2v) is 6.35. The third kappa shape index (κ3) is 5.82. The fourth-order valence-electron chi connectivity index (χ4n) is 1.69. The van der Waals surface area contributed by atoms with Gasteiger partial charge in [0.1, 0.15) is 6.04 Å². The molecule has 0 bridgehead atoms. The van der Waals surface area contributed by atoms with E-state index in [9.17, 15) is 18.0 Å². The van der Waals surface area contributed by atoms with Crippen molar-refractivity contribution < 1.29 is 23.1 Å². The Morgan fingerprint density at radius 2 is 1.81 bits per heavy atom. The van der Waals surface area contributed by atoms with Crippen LogP contribution in [0.2, 0.25) is 0 Å². The van der Waals surface area contributed by atoms with E-state index in [-0.39, 0.29) is 5.56 Å². The van der Waals surface area contributed by atoms with Crippen LogP contribution in [0.4, 0.5) is 5.69 Å². The first-order chi connectivity index (χ1) is 9.73. The molecular formula is C13H18N2O5S. The molecule has 1 atom stereocenters. The van der Waals surface area contributed by atoms with Gasteiger partial charge >= 0.3 is 5.97 Å². The monoisotopic (exact) mass is 314 g/mol. The van der Waals surface area contributed by atoms with Crippen LogP contribution >= 0.6 is 0 Å². The van der Waals surface area contributed by atoms with Crippen LogP contribution in [0.5, 0.6) is 0 Å². The molecule has 0 aliphatic rings. The summed E-state index contributed by atoms with van der Waals surface area (Å²) in [6, 6.07) is 4.79. The first-order valence-electron chi connectivity index (χ1n) is 6.34. The number of anilines is 1. The highest BCUT2D eigenvalue weighted by atomic mass is 32.2. The lowest BCUT2D eigenvalue weighted by Crippen LogP contribution is -2.40. The number of hydrogen-bond acceptors (Lipinski definition) is 4. The zero-order chi connectivity index (χ0) is 16.0. The molecule has 3 N–H and O–H groups in total. The molecule has 0 unspecified atom stereocenters. The highest BCUT2D eigenvalue weighted by Gasteiger charge is 2.19. The van der Waals surface area contributed by atoms with Crippen LogP contribution in [0.15, 0.2) is 24.3 Å². The summed E-state index contributed by atoms with van der Waals surface area (Å²) in [4.78, 5) is 22.9. The Hall–Kier alpha value is -2.09. The summed E-state index contributed by atoms with van der Waals surface area (Å²) in [6.45, 7) is 1.83. The smallest absolute Gasteiger partial charge is 0.326 e. The number of hydrogen-bond donors (Lipinski definition) is 3. The van der Waals surface area contributed by atoms with Crippen LogP contribution in [-0.2, 0) is 14.8 Å². The van der Waals surface area contributed by atoms with Crippen LogP contribution < -0.4 is 10.0 Å². The molecule has 0 fully saturated rings. The fourth-order valence-corrected chi connectivity index (χ4v) is 2.26. The van der Waals surface area contributed by atoms with Gasteiger partial charge < -0.3 is 10.4 Å². The van der Waals surface area contributed by atoms with E-state index in [4.69, 9.17) is 5.11 Å². The molecule has 7 nitrogen and oxygen atoms in total. The third-order valence-electron chi connectivity index (χ3n) is 2.63. The molecule has 21 heavy (non-hydrogen) atoms. The van der Waals surface area contributed by atoms with Crippen LogP contribution in [0, 0.1) is 0 Å². The second-order valence-electron chi connectivity index (χ2n) is 4.60. The molecule has 0 spiro atoms. The Labute approximate surface area is 123 Å². The largest absolute Gasteiger partial charge is 0.480 e. The average molecular weight is 314 g/mol. The fraction of sp³-hybridized carbons (Fsp3) is 0.385. The van der Waals surface area contributed by atoms with Gasteiger partial charge in [-0.2, -0.15) is 0 Å². The molecule has 1 rings (SSSR count). The Bertz CT molecular complexity index is 610. The number of sulfonamides is 1. The van der Waals surface area contributed by atoms with Gasteiger partial charge in [-0.15, -0.1) is 0 Å². The molecule has 0 saturated heterocycles. The van der Waals surface area contributed by atoms with E-state index < -0.39 is 27.9 Å². The molecular weight excluding hydrogens is 296 g/mol. The lowest BCUT2D eigenvalue weighted by atomic mass is 10.1. The van der Waals surface area contributed by atoms with Gasteiger partial charge in [-0.25, -0.2) is 13.2 Å². The summed E-state index contributed by atoms with van der Waals surface area (Å²) in [7, 11) is -3.38. The molecule has 0 radical (unpaired) electrons. The average Bonchev–Trinajstić information content (AvgIpc) is 2.36. The van der Waals surface area contributed by atoms with Crippen molar-refractivity contribution in [1.29, 1.82) is 0 Å². The van der Waals surface area contributed by atoms with Crippen molar-refractivity contribution in [2.45, 2.75) is 25.8 Å². The third-order valence-corrected chi connectivity index (χ3v) is 3.24. The van der Waals surface area contributed by atoms with Crippen LogP contribution in [-0.4, -0.2) is 37.7 Å². The number of carboxylic acids is 1. The number of aliphatic carboxylic acids is 1. The van der Waals surface area contributed by atoms with Gasteiger partial charge in [0.2, 0.25) is 10.0 Å². The molecule has 0 aromatic heterocycles. The molecule has 0 aliphatic carbocycles. The summed E-state index contributed by atoms with van der Waals surface area (Å²) >= 11 is 0. The van der Waals surface area contributed by atoms with Gasteiger partial charge in [0.05, 0.1) is 6.26 Å². The van der Waals surface area contributed by atoms with E-state index in [1.54, 1.807) is 0 Å². The summed E-state index contributed by atoms with van der Waals surface area (Å²) in [5.41, 5.74) is 0.591. The number of nitrogens with one attached hydrogen (secondary N) is 2. The van der Waals surface area contributed by atoms with Gasteiger partial charge in [-0.3, -0.25) is 9.52 Å². The van der Waals surface area contributed by atoms with E-state index in [2.05, 4.69) is 10.0 Å². The zero-order valence-electron chi connectivity index (χ0n) is 11.8. The van der Waals surface area contributed by atoms with E-state index in [1.165, 1.54) is 24.3 Å². The lowest BCUT2D eigenvalue weighted by molar-refractivity contribution is -0.139. The maximum absolute atomic E-state index is 11.9. The quantitative estimate of drug-likeness (QED) is 0.696. The van der Waals surface area contributed by atoms with Crippen molar-refractivity contribution in [3.8, 4) is 0 Å². The Morgan fingerprint density at radius 1 is 1.24 bits per heavy atom. The minimum atomic E-state index is -3.38. The second kappa shape index (κ2) is 7.07. The number of carbonyl (C=O) groups is 2. The van der Waals surface area contributed by atoms with Crippen molar-refractivity contribution in [2.24, 2.45) is 0 Å². The standard InChI is InChI=1S/C13H18N2O5S/c1-3-4-11(13(17)18)14-12(16)9-5-7-10(8-6-9)15-21(2,19)20/h5-8,11,15H,3-4H2,1-2H3,(H,14,16)(H,17,18)/t11-/m1/s1. The predicted octanol–water partition coefficient (Wildman–Crippen LogP) is 1.04. The predicted molar refractivity (Wildman–Crippen MR) is 78.7 cm³/mol. The van der Waals surface area contributed by atoms with Crippen molar-refractivity contribution in [3.05, 3.63) is 29.8 Å². The summed E-state index contributed by atoms with van der Waals surface area (Å²) in [6.07, 6.45) is 2.00. The number of carbonyl (C=O) groups excluding carboxylic acids is 1. The number of amides is 1. The number of carboxylic acid groups (broad SMARTS) is 1. The lowest BCUT2D eigenvalue weighted by Gasteiger charge is -2.13. The normalized spacial score (nSPS) is 12.5. The highest BCUT2D eigenvalue weighted by molar-refractivity contribution is 7.92. The molecule has 116 valence electrons. The van der Waals surface area contributed by atoms with E-state index in [1.807, 2.05) is 6.92 Å². The summed E-state index contributed by atoms with van der Waals surface area (Å²) in [5.74, 6) is -1.60. The van der Waals surface area contributed by atoms with Crippen LogP contribution in [0.1, 0.15) is 30.1 Å². The minimum absolute atomic E-state index is 0.261.